The first-order chi connectivity index (χ1) is 14.8. The number of aliphatic hydroxyl groups is 1. The fourth-order valence-electron chi connectivity index (χ4n) is 3.18. The molecule has 1 N–H and O–H groups in total. The monoisotopic (exact) mass is 446 g/mol. The number of ketones is 1. The summed E-state index contributed by atoms with van der Waals surface area (Å²) in [6.07, 6.45) is 10.2. The molecular weight excluding hydrogens is 416 g/mol. The summed E-state index contributed by atoms with van der Waals surface area (Å²) in [5.41, 5.74) is 1.74. The molecule has 0 aliphatic heterocycles. The van der Waals surface area contributed by atoms with Crippen molar-refractivity contribution < 1.29 is 24.2 Å². The van der Waals surface area contributed by atoms with Crippen LogP contribution in [0.15, 0.2) is 59.7 Å². The second-order valence-corrected chi connectivity index (χ2v) is 8.16. The first kappa shape index (κ1) is 24.9. The maximum absolute atomic E-state index is 12.2. The van der Waals surface area contributed by atoms with Crippen LogP contribution in [-0.4, -0.2) is 35.7 Å². The summed E-state index contributed by atoms with van der Waals surface area (Å²) in [4.78, 5) is 23.7. The summed E-state index contributed by atoms with van der Waals surface area (Å²) in [7, 11) is 0. The fraction of sp³-hybridized carbons (Fsp3) is 0.440. The van der Waals surface area contributed by atoms with Gasteiger partial charge in [0, 0.05) is 23.4 Å². The summed E-state index contributed by atoms with van der Waals surface area (Å²) >= 11 is 5.92. The second-order valence-electron chi connectivity index (χ2n) is 7.73. The summed E-state index contributed by atoms with van der Waals surface area (Å²) in [6, 6.07) is 7.00. The Bertz CT molecular complexity index is 838. The molecule has 1 atom stereocenters. The van der Waals surface area contributed by atoms with Gasteiger partial charge in [-0.15, -0.1) is 0 Å². The Morgan fingerprint density at radius 1 is 1.26 bits per heavy atom. The number of unbranched alkanes of at least 4 members (excludes halogenated alkanes) is 1. The number of hydrogen-bond acceptors (Lipinski definition) is 5. The minimum Gasteiger partial charge on any atom is -0.491 e. The fourth-order valence-corrected chi connectivity index (χ4v) is 3.36. The van der Waals surface area contributed by atoms with Crippen molar-refractivity contribution >= 4 is 23.4 Å². The van der Waals surface area contributed by atoms with Crippen LogP contribution in [0.3, 0.4) is 0 Å². The lowest BCUT2D eigenvalue weighted by atomic mass is 10.1. The Morgan fingerprint density at radius 2 is 2.06 bits per heavy atom. The molecule has 168 valence electrons. The minimum atomic E-state index is -0.787. The number of carbonyl (C=O) groups excluding carboxylic acids is 2. The van der Waals surface area contributed by atoms with Crippen molar-refractivity contribution in [1.82, 2.24) is 0 Å². The van der Waals surface area contributed by atoms with E-state index in [2.05, 4.69) is 0 Å². The number of ether oxygens (including phenoxy) is 2. The van der Waals surface area contributed by atoms with Crippen LogP contribution in [0.2, 0.25) is 5.02 Å². The second kappa shape index (κ2) is 13.1. The van der Waals surface area contributed by atoms with E-state index in [-0.39, 0.29) is 24.5 Å². The first-order valence-electron chi connectivity index (χ1n) is 10.7. The molecular formula is C25H31ClO5. The Labute approximate surface area is 189 Å². The topological polar surface area (TPSA) is 72.8 Å². The highest BCUT2D eigenvalue weighted by atomic mass is 35.5. The number of halogens is 1. The molecule has 0 aromatic heterocycles. The van der Waals surface area contributed by atoms with Crippen molar-refractivity contribution in [3.63, 3.8) is 0 Å². The maximum Gasteiger partial charge on any atom is 0.306 e. The zero-order chi connectivity index (χ0) is 22.6. The Balaban J connectivity index is 1.79. The number of benzene rings is 1. The van der Waals surface area contributed by atoms with Gasteiger partial charge >= 0.3 is 5.97 Å². The molecule has 0 spiro atoms. The quantitative estimate of drug-likeness (QED) is 0.265. The average molecular weight is 447 g/mol. The molecule has 1 aliphatic carbocycles. The zero-order valence-electron chi connectivity index (χ0n) is 18.2. The van der Waals surface area contributed by atoms with E-state index in [0.717, 1.165) is 24.0 Å². The molecule has 1 aliphatic rings. The van der Waals surface area contributed by atoms with Gasteiger partial charge in [0.25, 0.3) is 0 Å². The maximum atomic E-state index is 12.2. The Morgan fingerprint density at radius 3 is 2.81 bits per heavy atom. The lowest BCUT2D eigenvalue weighted by Crippen LogP contribution is -2.14. The van der Waals surface area contributed by atoms with Gasteiger partial charge < -0.3 is 14.6 Å². The van der Waals surface area contributed by atoms with Crippen molar-refractivity contribution in [1.29, 1.82) is 0 Å². The highest BCUT2D eigenvalue weighted by Crippen LogP contribution is 2.27. The van der Waals surface area contributed by atoms with Gasteiger partial charge in [-0.25, -0.2) is 0 Å². The SMILES string of the molecule is CC(C)OC(=O)CCCC=CCC1=C(C=C[C@@H](O)COc2cccc(Cl)c2)CCC1=O. The van der Waals surface area contributed by atoms with Gasteiger partial charge in [0.15, 0.2) is 5.78 Å². The van der Waals surface area contributed by atoms with Crippen LogP contribution in [0.5, 0.6) is 5.75 Å². The van der Waals surface area contributed by atoms with Gasteiger partial charge in [-0.3, -0.25) is 9.59 Å². The molecule has 0 radical (unpaired) electrons. The van der Waals surface area contributed by atoms with Gasteiger partial charge in [0.1, 0.15) is 18.5 Å². The van der Waals surface area contributed by atoms with Gasteiger partial charge in [0.05, 0.1) is 6.10 Å². The Hall–Kier alpha value is -2.37. The number of Topliss-reactive ketones (excluding diaryl/α,β-unsaturated/α-hetero) is 1. The van der Waals surface area contributed by atoms with E-state index in [0.29, 0.717) is 36.5 Å². The average Bonchev–Trinajstić information content (AvgIpc) is 3.06. The highest BCUT2D eigenvalue weighted by molar-refractivity contribution is 6.30. The molecule has 1 aromatic carbocycles. The number of carbonyl (C=O) groups is 2. The van der Waals surface area contributed by atoms with Crippen molar-refractivity contribution in [3.8, 4) is 5.75 Å². The third kappa shape index (κ3) is 9.53. The predicted octanol–water partition coefficient (Wildman–Crippen LogP) is 5.36. The number of hydrogen-bond donors (Lipinski definition) is 1. The molecule has 0 amide bonds. The highest BCUT2D eigenvalue weighted by Gasteiger charge is 2.20. The van der Waals surface area contributed by atoms with Gasteiger partial charge in [-0.2, -0.15) is 0 Å². The normalized spacial score (nSPS) is 15.5. The minimum absolute atomic E-state index is 0.0863. The summed E-state index contributed by atoms with van der Waals surface area (Å²) < 4.78 is 10.6. The van der Waals surface area contributed by atoms with Crippen molar-refractivity contribution in [2.45, 2.75) is 64.6 Å². The Kier molecular flexibility index (Phi) is 10.5. The van der Waals surface area contributed by atoms with E-state index >= 15 is 0 Å². The summed E-state index contributed by atoms with van der Waals surface area (Å²) in [5, 5.41) is 10.7. The lowest BCUT2D eigenvalue weighted by Gasteiger charge is -2.09. The van der Waals surface area contributed by atoms with Crippen LogP contribution in [-0.2, 0) is 14.3 Å². The van der Waals surface area contributed by atoms with Crippen LogP contribution in [0.4, 0.5) is 0 Å². The largest absolute Gasteiger partial charge is 0.491 e. The van der Waals surface area contributed by atoms with Crippen molar-refractivity contribution in [2.24, 2.45) is 0 Å². The van der Waals surface area contributed by atoms with E-state index in [1.807, 2.05) is 32.1 Å². The van der Waals surface area contributed by atoms with E-state index in [9.17, 15) is 14.7 Å². The van der Waals surface area contributed by atoms with E-state index in [4.69, 9.17) is 21.1 Å². The van der Waals surface area contributed by atoms with E-state index in [1.165, 1.54) is 0 Å². The third-order valence-electron chi connectivity index (χ3n) is 4.69. The van der Waals surface area contributed by atoms with Crippen molar-refractivity contribution in [3.05, 3.63) is 64.7 Å². The molecule has 1 aromatic rings. The van der Waals surface area contributed by atoms with E-state index in [1.54, 1.807) is 30.3 Å². The third-order valence-corrected chi connectivity index (χ3v) is 4.92. The smallest absolute Gasteiger partial charge is 0.306 e. The first-order valence-corrected chi connectivity index (χ1v) is 11.1. The van der Waals surface area contributed by atoms with Crippen LogP contribution in [0.1, 0.15) is 52.4 Å². The lowest BCUT2D eigenvalue weighted by molar-refractivity contribution is -0.147. The molecule has 0 bridgehead atoms. The van der Waals surface area contributed by atoms with Crippen LogP contribution < -0.4 is 4.74 Å². The van der Waals surface area contributed by atoms with Crippen LogP contribution in [0.25, 0.3) is 0 Å². The number of aliphatic hydroxyl groups excluding tert-OH is 1. The van der Waals surface area contributed by atoms with Gasteiger partial charge in [-0.1, -0.05) is 42.0 Å². The molecule has 0 unspecified atom stereocenters. The summed E-state index contributed by atoms with van der Waals surface area (Å²) in [6.45, 7) is 3.77. The zero-order valence-corrected chi connectivity index (χ0v) is 18.9. The molecule has 0 heterocycles. The number of esters is 1. The molecule has 2 rings (SSSR count). The molecule has 6 heteroatoms. The standard InChI is InChI=1S/C25H31ClO5/c1-18(2)31-25(29)11-6-4-3-5-10-23-19(13-15-24(23)28)12-14-21(27)17-30-22-9-7-8-20(26)16-22/h3,5,7-9,12,14,16,18,21,27H,4,6,10-11,13,15,17H2,1-2H3/t21-/m1/s1. The molecule has 0 saturated heterocycles. The molecule has 0 saturated carbocycles. The molecule has 5 nitrogen and oxygen atoms in total. The molecule has 31 heavy (non-hydrogen) atoms. The van der Waals surface area contributed by atoms with Gasteiger partial charge in [0.2, 0.25) is 0 Å². The van der Waals surface area contributed by atoms with E-state index < -0.39 is 6.10 Å². The van der Waals surface area contributed by atoms with Crippen LogP contribution in [0, 0.1) is 0 Å². The number of rotatable bonds is 12. The van der Waals surface area contributed by atoms with Gasteiger partial charge in [-0.05, 0) is 63.3 Å². The summed E-state index contributed by atoms with van der Waals surface area (Å²) in [5.74, 6) is 0.565. The van der Waals surface area contributed by atoms with Crippen molar-refractivity contribution in [2.75, 3.05) is 6.61 Å². The molecule has 0 fully saturated rings. The predicted molar refractivity (Wildman–Crippen MR) is 122 cm³/mol. The van der Waals surface area contributed by atoms with Crippen LogP contribution >= 0.6 is 11.6 Å². The number of allylic oxidation sites excluding steroid dienone is 5.